The molecule has 0 amide bonds. The van der Waals surface area contributed by atoms with E-state index < -0.39 is 10.0 Å². The molecule has 0 saturated carbocycles. The zero-order chi connectivity index (χ0) is 17.2. The number of rotatable bonds is 3. The number of sulfonamides is 1. The first-order valence-corrected chi connectivity index (χ1v) is 9.61. The van der Waals surface area contributed by atoms with E-state index in [0.29, 0.717) is 41.2 Å². The van der Waals surface area contributed by atoms with Gasteiger partial charge in [0.1, 0.15) is 11.8 Å². The number of nitrogens with zero attached hydrogens (tertiary/aromatic N) is 4. The molecule has 2 aromatic rings. The summed E-state index contributed by atoms with van der Waals surface area (Å²) in [5.41, 5.74) is 1.26. The number of anilines is 1. The van der Waals surface area contributed by atoms with Gasteiger partial charge in [-0.05, 0) is 40.2 Å². The lowest BCUT2D eigenvalue weighted by Crippen LogP contribution is -2.48. The van der Waals surface area contributed by atoms with Crippen molar-refractivity contribution in [2.45, 2.75) is 4.90 Å². The summed E-state index contributed by atoms with van der Waals surface area (Å²) in [4.78, 5) is 6.42. The monoisotopic (exact) mass is 406 g/mol. The normalized spacial score (nSPS) is 15.9. The fraction of sp³-hybridized carbons (Fsp3) is 0.250. The highest BCUT2D eigenvalue weighted by Crippen LogP contribution is 2.26. The molecule has 3 rings (SSSR count). The minimum Gasteiger partial charge on any atom is -0.368 e. The summed E-state index contributed by atoms with van der Waals surface area (Å²) in [5, 5.41) is 8.79. The molecular weight excluding hydrogens is 392 g/mol. The van der Waals surface area contributed by atoms with E-state index in [2.05, 4.69) is 25.8 Å². The van der Waals surface area contributed by atoms with Gasteiger partial charge < -0.3 is 4.90 Å². The van der Waals surface area contributed by atoms with Crippen LogP contribution in [-0.4, -0.2) is 43.9 Å². The molecule has 8 heteroatoms. The Balaban J connectivity index is 1.73. The Labute approximate surface area is 149 Å². The van der Waals surface area contributed by atoms with E-state index >= 15 is 0 Å². The van der Waals surface area contributed by atoms with Crippen LogP contribution in [0.2, 0.25) is 0 Å². The van der Waals surface area contributed by atoms with E-state index in [-0.39, 0.29) is 0 Å². The smallest absolute Gasteiger partial charge is 0.244 e. The maximum absolute atomic E-state index is 12.8. The molecule has 6 nitrogen and oxygen atoms in total. The molecule has 1 aromatic heterocycles. The minimum absolute atomic E-state index is 0.290. The van der Waals surface area contributed by atoms with E-state index in [1.807, 2.05) is 12.1 Å². The fourth-order valence-electron chi connectivity index (χ4n) is 2.62. The van der Waals surface area contributed by atoms with E-state index in [0.717, 1.165) is 5.69 Å². The van der Waals surface area contributed by atoms with Crippen molar-refractivity contribution in [3.63, 3.8) is 0 Å². The second-order valence-electron chi connectivity index (χ2n) is 5.33. The molecule has 0 spiro atoms. The van der Waals surface area contributed by atoms with Gasteiger partial charge in [0.2, 0.25) is 10.0 Å². The molecule has 1 saturated heterocycles. The van der Waals surface area contributed by atoms with Crippen molar-refractivity contribution in [1.82, 2.24) is 9.29 Å². The second kappa shape index (κ2) is 6.89. The van der Waals surface area contributed by atoms with Crippen molar-refractivity contribution in [1.29, 1.82) is 5.26 Å². The summed E-state index contributed by atoms with van der Waals surface area (Å²) in [6, 6.07) is 12.3. The third-order valence-electron chi connectivity index (χ3n) is 3.92. The lowest BCUT2D eigenvalue weighted by atomic mass is 10.3. The summed E-state index contributed by atoms with van der Waals surface area (Å²) in [6.45, 7) is 1.97. The first kappa shape index (κ1) is 16.9. The van der Waals surface area contributed by atoms with Crippen LogP contribution >= 0.6 is 15.9 Å². The van der Waals surface area contributed by atoms with E-state index in [9.17, 15) is 8.42 Å². The number of pyridine rings is 1. The minimum atomic E-state index is -3.51. The summed E-state index contributed by atoms with van der Waals surface area (Å²) >= 11 is 3.31. The number of halogens is 1. The van der Waals surface area contributed by atoms with E-state index in [1.165, 1.54) is 4.31 Å². The average molecular weight is 407 g/mol. The highest BCUT2D eigenvalue weighted by molar-refractivity contribution is 9.10. The van der Waals surface area contributed by atoms with Crippen molar-refractivity contribution >= 4 is 31.6 Å². The fourth-order valence-corrected chi connectivity index (χ4v) is 5.00. The molecule has 1 aromatic carbocycles. The molecule has 1 aliphatic rings. The van der Waals surface area contributed by atoms with Gasteiger partial charge in [0.05, 0.1) is 16.8 Å². The van der Waals surface area contributed by atoms with Gasteiger partial charge in [-0.1, -0.05) is 12.1 Å². The van der Waals surface area contributed by atoms with Gasteiger partial charge in [-0.2, -0.15) is 9.57 Å². The highest BCUT2D eigenvalue weighted by Gasteiger charge is 2.29. The zero-order valence-electron chi connectivity index (χ0n) is 12.8. The molecule has 0 atom stereocenters. The Bertz CT molecular complexity index is 870. The van der Waals surface area contributed by atoms with Gasteiger partial charge >= 0.3 is 0 Å². The highest BCUT2D eigenvalue weighted by atomic mass is 79.9. The Kier molecular flexibility index (Phi) is 4.85. The van der Waals surface area contributed by atoms with Gasteiger partial charge in [0.15, 0.2) is 0 Å². The van der Waals surface area contributed by atoms with Gasteiger partial charge in [0.25, 0.3) is 0 Å². The van der Waals surface area contributed by atoms with Crippen LogP contribution in [-0.2, 0) is 10.0 Å². The first-order chi connectivity index (χ1) is 11.5. The van der Waals surface area contributed by atoms with Crippen molar-refractivity contribution < 1.29 is 8.42 Å². The molecular formula is C16H15BrN4O2S. The van der Waals surface area contributed by atoms with Gasteiger partial charge in [-0.15, -0.1) is 0 Å². The Hall–Kier alpha value is -1.95. The van der Waals surface area contributed by atoms with Gasteiger partial charge in [0, 0.05) is 30.7 Å². The Morgan fingerprint density at radius 2 is 1.79 bits per heavy atom. The molecule has 2 heterocycles. The lowest BCUT2D eigenvalue weighted by molar-refractivity contribution is 0.384. The quantitative estimate of drug-likeness (QED) is 0.780. The Morgan fingerprint density at radius 3 is 2.38 bits per heavy atom. The number of nitriles is 1. The molecule has 124 valence electrons. The summed E-state index contributed by atoms with van der Waals surface area (Å²) in [5.74, 6) is 0. The maximum atomic E-state index is 12.8. The van der Waals surface area contributed by atoms with Crippen molar-refractivity contribution in [2.24, 2.45) is 0 Å². The summed E-state index contributed by atoms with van der Waals surface area (Å²) < 4.78 is 27.6. The van der Waals surface area contributed by atoms with E-state index in [4.69, 9.17) is 5.26 Å². The van der Waals surface area contributed by atoms with Crippen LogP contribution in [0, 0.1) is 11.3 Å². The van der Waals surface area contributed by atoms with Gasteiger partial charge in [-0.25, -0.2) is 13.4 Å². The average Bonchev–Trinajstić information content (AvgIpc) is 2.62. The molecule has 0 bridgehead atoms. The predicted octanol–water partition coefficient (Wildman–Crippen LogP) is 2.23. The van der Waals surface area contributed by atoms with Gasteiger partial charge in [-0.3, -0.25) is 0 Å². The molecule has 0 radical (unpaired) electrons. The van der Waals surface area contributed by atoms with Crippen LogP contribution in [0.25, 0.3) is 0 Å². The van der Waals surface area contributed by atoms with Crippen LogP contribution in [0.4, 0.5) is 5.69 Å². The molecule has 1 fully saturated rings. The third-order valence-corrected chi connectivity index (χ3v) is 6.83. The van der Waals surface area contributed by atoms with Crippen LogP contribution in [0.3, 0.4) is 0 Å². The van der Waals surface area contributed by atoms with Crippen LogP contribution in [0.5, 0.6) is 0 Å². The number of aromatic nitrogens is 1. The van der Waals surface area contributed by atoms with Crippen molar-refractivity contribution in [3.8, 4) is 6.07 Å². The van der Waals surface area contributed by atoms with Crippen molar-refractivity contribution in [2.75, 3.05) is 31.1 Å². The maximum Gasteiger partial charge on any atom is 0.244 e. The van der Waals surface area contributed by atoms with Crippen LogP contribution in [0.15, 0.2) is 52.0 Å². The standard InChI is InChI=1S/C16H15BrN4O2S/c17-15-3-1-2-4-16(15)24(22,23)21-9-7-20(8-10-21)14-6-5-13(11-18)19-12-14/h1-6,12H,7-10H2. The summed E-state index contributed by atoms with van der Waals surface area (Å²) in [6.07, 6.45) is 1.65. The SMILES string of the molecule is N#Cc1ccc(N2CCN(S(=O)(=O)c3ccccc3Br)CC2)cn1. The Morgan fingerprint density at radius 1 is 1.08 bits per heavy atom. The lowest BCUT2D eigenvalue weighted by Gasteiger charge is -2.35. The molecule has 24 heavy (non-hydrogen) atoms. The van der Waals surface area contributed by atoms with E-state index in [1.54, 1.807) is 36.5 Å². The predicted molar refractivity (Wildman–Crippen MR) is 94.1 cm³/mol. The number of benzene rings is 1. The zero-order valence-corrected chi connectivity index (χ0v) is 15.2. The van der Waals surface area contributed by atoms with Crippen LogP contribution < -0.4 is 4.90 Å². The largest absolute Gasteiger partial charge is 0.368 e. The molecule has 1 aliphatic heterocycles. The topological polar surface area (TPSA) is 77.3 Å². The summed E-state index contributed by atoms with van der Waals surface area (Å²) in [7, 11) is -3.51. The second-order valence-corrected chi connectivity index (χ2v) is 8.10. The first-order valence-electron chi connectivity index (χ1n) is 7.38. The number of hydrogen-bond acceptors (Lipinski definition) is 5. The third kappa shape index (κ3) is 3.29. The molecule has 0 unspecified atom stereocenters. The number of hydrogen-bond donors (Lipinski definition) is 0. The number of piperazine rings is 1. The molecule has 0 N–H and O–H groups in total. The van der Waals surface area contributed by atoms with Crippen molar-refractivity contribution in [3.05, 3.63) is 52.8 Å². The van der Waals surface area contributed by atoms with Crippen LogP contribution in [0.1, 0.15) is 5.69 Å². The molecule has 0 aliphatic carbocycles.